The van der Waals surface area contributed by atoms with E-state index in [-0.39, 0.29) is 17.3 Å². The molecule has 1 rings (SSSR count). The van der Waals surface area contributed by atoms with Crippen molar-refractivity contribution in [2.45, 2.75) is 13.3 Å². The second-order valence-electron chi connectivity index (χ2n) is 2.67. The summed E-state index contributed by atoms with van der Waals surface area (Å²) >= 11 is 4.65. The van der Waals surface area contributed by atoms with Crippen molar-refractivity contribution in [1.29, 1.82) is 0 Å². The Kier molecular flexibility index (Phi) is 2.84. The van der Waals surface area contributed by atoms with Crippen molar-refractivity contribution in [3.8, 4) is 0 Å². The van der Waals surface area contributed by atoms with E-state index in [9.17, 15) is 4.79 Å². The van der Waals surface area contributed by atoms with Crippen molar-refractivity contribution in [2.75, 3.05) is 6.61 Å². The lowest BCUT2D eigenvalue weighted by Gasteiger charge is -1.93. The molecule has 0 fully saturated rings. The summed E-state index contributed by atoms with van der Waals surface area (Å²) < 4.78 is 1.09. The van der Waals surface area contributed by atoms with Gasteiger partial charge in [-0.15, -0.1) is 0 Å². The first-order chi connectivity index (χ1) is 6.07. The van der Waals surface area contributed by atoms with E-state index < -0.39 is 0 Å². The minimum absolute atomic E-state index is 0.0164. The molecule has 1 heterocycles. The molecule has 0 aromatic carbocycles. The molecule has 0 unspecified atom stereocenters. The number of nitrogens with zero attached hydrogens (tertiary/aromatic N) is 1. The van der Waals surface area contributed by atoms with E-state index >= 15 is 0 Å². The Hall–Kier alpha value is -1.14. The number of nitrogens with one attached hydrogen (secondary N) is 1. The van der Waals surface area contributed by atoms with Crippen LogP contribution in [0.1, 0.15) is 11.3 Å². The predicted molar refractivity (Wildman–Crippen MR) is 52.8 cm³/mol. The van der Waals surface area contributed by atoms with Crippen LogP contribution in [0.2, 0.25) is 0 Å². The maximum atomic E-state index is 11.5. The average molecular weight is 201 g/mol. The Morgan fingerprint density at radius 3 is 2.77 bits per heavy atom. The fourth-order valence-corrected chi connectivity index (χ4v) is 1.27. The summed E-state index contributed by atoms with van der Waals surface area (Å²) in [6.07, 6.45) is 0.316. The van der Waals surface area contributed by atoms with E-state index in [0.29, 0.717) is 17.7 Å². The predicted octanol–water partition coefficient (Wildman–Crippen LogP) is -0.889. The Morgan fingerprint density at radius 1 is 1.77 bits per heavy atom. The van der Waals surface area contributed by atoms with E-state index in [4.69, 9.17) is 10.8 Å². The molecule has 72 valence electrons. The van der Waals surface area contributed by atoms with Crippen LogP contribution in [0.15, 0.2) is 4.79 Å². The molecule has 0 spiro atoms. The molecule has 0 bridgehead atoms. The minimum atomic E-state index is -0.279. The molecule has 0 radical (unpaired) electrons. The molecule has 0 aliphatic carbocycles. The molecule has 0 atom stereocenters. The molecule has 13 heavy (non-hydrogen) atoms. The molecule has 1 aromatic heterocycles. The number of aryl methyl sites for hydroxylation is 1. The van der Waals surface area contributed by atoms with Crippen LogP contribution in [0.4, 0.5) is 0 Å². The summed E-state index contributed by atoms with van der Waals surface area (Å²) in [7, 11) is 0. The van der Waals surface area contributed by atoms with Gasteiger partial charge in [0.25, 0.3) is 5.56 Å². The first-order valence-corrected chi connectivity index (χ1v) is 4.20. The molecule has 0 aliphatic rings. The van der Waals surface area contributed by atoms with Gasteiger partial charge in [0.1, 0.15) is 0 Å². The quantitative estimate of drug-likeness (QED) is 0.542. The van der Waals surface area contributed by atoms with Gasteiger partial charge in [0.15, 0.2) is 5.11 Å². The first kappa shape index (κ1) is 9.94. The van der Waals surface area contributed by atoms with Gasteiger partial charge in [-0.25, -0.2) is 0 Å². The molecule has 0 aliphatic heterocycles. The number of aromatic amines is 1. The zero-order valence-electron chi connectivity index (χ0n) is 7.20. The fraction of sp³-hybridized carbons (Fsp3) is 0.429. The average Bonchev–Trinajstić information content (AvgIpc) is 2.32. The third kappa shape index (κ3) is 1.78. The molecule has 0 saturated carbocycles. The lowest BCUT2D eigenvalue weighted by Crippen LogP contribution is -2.31. The van der Waals surface area contributed by atoms with Gasteiger partial charge >= 0.3 is 0 Å². The third-order valence-electron chi connectivity index (χ3n) is 1.78. The standard InChI is InChI=1S/C7H11N3O2S/c1-4-5(2-3-11)6(12)10(9-4)7(8)13/h9,11H,2-3H2,1H3,(H2,8,13). The Morgan fingerprint density at radius 2 is 2.38 bits per heavy atom. The SMILES string of the molecule is Cc1[nH]n(C(N)=S)c(=O)c1CCO. The highest BCUT2D eigenvalue weighted by molar-refractivity contribution is 7.80. The van der Waals surface area contributed by atoms with Crippen LogP contribution >= 0.6 is 12.2 Å². The summed E-state index contributed by atoms with van der Waals surface area (Å²) in [5.41, 5.74) is 6.23. The number of hydrogen-bond donors (Lipinski definition) is 3. The Bertz CT molecular complexity index is 380. The molecular formula is C7H11N3O2S. The van der Waals surface area contributed by atoms with Gasteiger partial charge < -0.3 is 10.8 Å². The minimum Gasteiger partial charge on any atom is -0.396 e. The van der Waals surface area contributed by atoms with E-state index in [2.05, 4.69) is 17.3 Å². The summed E-state index contributed by atoms with van der Waals surface area (Å²) in [6.45, 7) is 1.67. The van der Waals surface area contributed by atoms with E-state index in [1.807, 2.05) is 0 Å². The number of aliphatic hydroxyl groups is 1. The smallest absolute Gasteiger partial charge is 0.276 e. The van der Waals surface area contributed by atoms with Crippen LogP contribution in [0, 0.1) is 6.92 Å². The number of nitrogens with two attached hydrogens (primary N) is 1. The highest BCUT2D eigenvalue weighted by Crippen LogP contribution is 1.98. The van der Waals surface area contributed by atoms with Crippen molar-refractivity contribution in [2.24, 2.45) is 5.73 Å². The van der Waals surface area contributed by atoms with Crippen LogP contribution in [0.25, 0.3) is 0 Å². The number of aliphatic hydroxyl groups excluding tert-OH is 1. The topological polar surface area (TPSA) is 84.0 Å². The van der Waals surface area contributed by atoms with Crippen LogP contribution < -0.4 is 11.3 Å². The summed E-state index contributed by atoms with van der Waals surface area (Å²) in [5, 5.41) is 11.4. The molecule has 0 amide bonds. The second-order valence-corrected chi connectivity index (χ2v) is 3.09. The van der Waals surface area contributed by atoms with Crippen LogP contribution in [0.5, 0.6) is 0 Å². The van der Waals surface area contributed by atoms with Gasteiger partial charge in [-0.3, -0.25) is 9.89 Å². The van der Waals surface area contributed by atoms with Crippen LogP contribution in [0.3, 0.4) is 0 Å². The van der Waals surface area contributed by atoms with Gasteiger partial charge in [-0.1, -0.05) is 0 Å². The zero-order valence-corrected chi connectivity index (χ0v) is 8.02. The maximum absolute atomic E-state index is 11.5. The summed E-state index contributed by atoms with van der Waals surface area (Å²) in [5.74, 6) is 0. The van der Waals surface area contributed by atoms with E-state index in [0.717, 1.165) is 4.68 Å². The highest BCUT2D eigenvalue weighted by atomic mass is 32.1. The zero-order chi connectivity index (χ0) is 10.0. The number of thiocarbonyl (C=S) groups is 1. The molecule has 1 aromatic rings. The lowest BCUT2D eigenvalue weighted by atomic mass is 10.2. The highest BCUT2D eigenvalue weighted by Gasteiger charge is 2.10. The van der Waals surface area contributed by atoms with Crippen molar-refractivity contribution < 1.29 is 5.11 Å². The molecule has 0 saturated heterocycles. The number of rotatable bonds is 2. The monoisotopic (exact) mass is 201 g/mol. The second kappa shape index (κ2) is 3.71. The molecule has 6 heteroatoms. The Labute approximate surface area is 80.2 Å². The number of aromatic nitrogens is 2. The van der Waals surface area contributed by atoms with E-state index in [1.54, 1.807) is 6.92 Å². The van der Waals surface area contributed by atoms with E-state index in [1.165, 1.54) is 0 Å². The molecular weight excluding hydrogens is 190 g/mol. The van der Waals surface area contributed by atoms with Gasteiger partial charge in [0.2, 0.25) is 0 Å². The van der Waals surface area contributed by atoms with Crippen molar-refractivity contribution >= 4 is 17.3 Å². The largest absolute Gasteiger partial charge is 0.396 e. The lowest BCUT2D eigenvalue weighted by molar-refractivity contribution is 0.299. The van der Waals surface area contributed by atoms with Crippen molar-refractivity contribution in [3.63, 3.8) is 0 Å². The van der Waals surface area contributed by atoms with Crippen LogP contribution in [-0.2, 0) is 6.42 Å². The summed E-state index contributed by atoms with van der Waals surface area (Å²) in [6, 6.07) is 0. The molecule has 4 N–H and O–H groups in total. The van der Waals surface area contributed by atoms with Gasteiger partial charge in [-0.2, -0.15) is 4.68 Å². The fourth-order valence-electron chi connectivity index (χ4n) is 1.14. The van der Waals surface area contributed by atoms with Gasteiger partial charge in [0, 0.05) is 24.3 Å². The van der Waals surface area contributed by atoms with Crippen LogP contribution in [-0.4, -0.2) is 26.6 Å². The van der Waals surface area contributed by atoms with Gasteiger partial charge in [0.05, 0.1) is 0 Å². The first-order valence-electron chi connectivity index (χ1n) is 3.79. The molecule has 5 nitrogen and oxygen atoms in total. The third-order valence-corrected chi connectivity index (χ3v) is 1.96. The Balaban J connectivity index is 3.23. The normalized spacial score (nSPS) is 10.3. The summed E-state index contributed by atoms with van der Waals surface area (Å²) in [4.78, 5) is 11.5. The van der Waals surface area contributed by atoms with Crippen molar-refractivity contribution in [1.82, 2.24) is 9.78 Å². The van der Waals surface area contributed by atoms with Crippen molar-refractivity contribution in [3.05, 3.63) is 21.6 Å². The maximum Gasteiger partial charge on any atom is 0.276 e. The number of hydrogen-bond acceptors (Lipinski definition) is 3. The van der Waals surface area contributed by atoms with Gasteiger partial charge in [-0.05, 0) is 19.1 Å². The number of H-pyrrole nitrogens is 1.